The van der Waals surface area contributed by atoms with Crippen molar-refractivity contribution in [3.63, 3.8) is 0 Å². The highest BCUT2D eigenvalue weighted by molar-refractivity contribution is 5.77. The van der Waals surface area contributed by atoms with Gasteiger partial charge in [-0.05, 0) is 19.3 Å². The molecular weight excluding hydrogens is 743 g/mol. The maximum absolute atomic E-state index is 13.1. The van der Waals surface area contributed by atoms with Crippen molar-refractivity contribution in [3.05, 3.63) is 60.8 Å². The lowest BCUT2D eigenvalue weighted by atomic mass is 10.0. The number of unbranched alkanes of at least 4 members (excludes halogenated alkanes) is 28. The molecule has 60 heavy (non-hydrogen) atoms. The number of hydrogen-bond acceptors (Lipinski definition) is 5. The number of allylic oxidation sites excluding steroid dienone is 9. The predicted molar refractivity (Wildman–Crippen MR) is 259 cm³/mol. The van der Waals surface area contributed by atoms with E-state index in [-0.39, 0.29) is 24.9 Å². The maximum Gasteiger partial charge on any atom is 0.306 e. The smallest absolute Gasteiger partial charge is 0.306 e. The number of amides is 1. The van der Waals surface area contributed by atoms with Crippen molar-refractivity contribution >= 4 is 11.9 Å². The molecule has 0 aliphatic heterocycles. The third kappa shape index (κ3) is 42.3. The summed E-state index contributed by atoms with van der Waals surface area (Å²) >= 11 is 0. The van der Waals surface area contributed by atoms with Crippen molar-refractivity contribution in [2.24, 2.45) is 0 Å². The van der Waals surface area contributed by atoms with Crippen LogP contribution in [0.25, 0.3) is 0 Å². The van der Waals surface area contributed by atoms with Crippen LogP contribution >= 0.6 is 0 Å². The highest BCUT2D eigenvalue weighted by Crippen LogP contribution is 2.17. The molecule has 0 aromatic heterocycles. The van der Waals surface area contributed by atoms with E-state index in [9.17, 15) is 19.8 Å². The molecule has 0 aromatic carbocycles. The van der Waals surface area contributed by atoms with Gasteiger partial charge in [0, 0.05) is 12.8 Å². The van der Waals surface area contributed by atoms with Crippen molar-refractivity contribution in [2.75, 3.05) is 6.61 Å². The first-order chi connectivity index (χ1) is 29.5. The van der Waals surface area contributed by atoms with Gasteiger partial charge in [-0.2, -0.15) is 0 Å². The van der Waals surface area contributed by atoms with E-state index in [1.165, 1.54) is 154 Å². The fourth-order valence-electron chi connectivity index (χ4n) is 7.63. The first kappa shape index (κ1) is 57.6. The zero-order valence-corrected chi connectivity index (χ0v) is 39.6. The minimum Gasteiger partial charge on any atom is -0.461 e. The summed E-state index contributed by atoms with van der Waals surface area (Å²) in [5, 5.41) is 23.7. The summed E-state index contributed by atoms with van der Waals surface area (Å²) in [6, 6.07) is -0.738. The van der Waals surface area contributed by atoms with Gasteiger partial charge in [-0.15, -0.1) is 0 Å². The topological polar surface area (TPSA) is 95.9 Å². The SMILES string of the molecule is CC/C=C/C=C/C=C\C=C/C=C/CC(CC(=O)NC(CO)C(O)CCCCCCCCCCCCCCCCCCC)OC(=O)CCCCCCCCCCCCCCC. The van der Waals surface area contributed by atoms with Crippen LogP contribution in [0.1, 0.15) is 245 Å². The molecule has 0 fully saturated rings. The van der Waals surface area contributed by atoms with Crippen LogP contribution in [0.4, 0.5) is 0 Å². The van der Waals surface area contributed by atoms with E-state index in [0.29, 0.717) is 19.3 Å². The molecule has 0 aromatic rings. The minimum absolute atomic E-state index is 0.0171. The van der Waals surface area contributed by atoms with E-state index >= 15 is 0 Å². The third-order valence-electron chi connectivity index (χ3n) is 11.5. The Balaban J connectivity index is 4.57. The van der Waals surface area contributed by atoms with Crippen LogP contribution < -0.4 is 5.32 Å². The number of nitrogens with one attached hydrogen (secondary N) is 1. The molecule has 6 nitrogen and oxygen atoms in total. The van der Waals surface area contributed by atoms with E-state index in [4.69, 9.17) is 4.74 Å². The summed E-state index contributed by atoms with van der Waals surface area (Å²) in [6.45, 7) is 6.31. The zero-order valence-electron chi connectivity index (χ0n) is 39.6. The monoisotopic (exact) mass is 840 g/mol. The summed E-state index contributed by atoms with van der Waals surface area (Å²) in [5.74, 6) is -0.603. The molecule has 3 unspecified atom stereocenters. The average molecular weight is 840 g/mol. The van der Waals surface area contributed by atoms with Gasteiger partial charge in [0.25, 0.3) is 0 Å². The first-order valence-electron chi connectivity index (χ1n) is 25.6. The Morgan fingerprint density at radius 3 is 1.27 bits per heavy atom. The Kier molecular flexibility index (Phi) is 45.7. The lowest BCUT2D eigenvalue weighted by Crippen LogP contribution is -2.46. The van der Waals surface area contributed by atoms with Gasteiger partial charge in [0.2, 0.25) is 5.91 Å². The van der Waals surface area contributed by atoms with Gasteiger partial charge in [-0.3, -0.25) is 9.59 Å². The van der Waals surface area contributed by atoms with Crippen LogP contribution in [0.3, 0.4) is 0 Å². The number of ether oxygens (including phenoxy) is 1. The van der Waals surface area contributed by atoms with Gasteiger partial charge in [-0.1, -0.05) is 268 Å². The van der Waals surface area contributed by atoms with Crippen LogP contribution in [0, 0.1) is 0 Å². The number of aliphatic hydroxyl groups excluding tert-OH is 2. The molecule has 0 rings (SSSR count). The fraction of sp³-hybridized carbons (Fsp3) is 0.778. The van der Waals surface area contributed by atoms with Crippen molar-refractivity contribution in [1.82, 2.24) is 5.32 Å². The summed E-state index contributed by atoms with van der Waals surface area (Å²) in [4.78, 5) is 26.0. The Morgan fingerprint density at radius 1 is 0.500 bits per heavy atom. The molecule has 0 bridgehead atoms. The minimum atomic E-state index is -0.817. The highest BCUT2D eigenvalue weighted by Gasteiger charge is 2.23. The molecular formula is C54H97NO5. The molecule has 0 saturated heterocycles. The lowest BCUT2D eigenvalue weighted by molar-refractivity contribution is -0.150. The molecule has 1 amide bonds. The third-order valence-corrected chi connectivity index (χ3v) is 11.5. The van der Waals surface area contributed by atoms with E-state index < -0.39 is 18.2 Å². The van der Waals surface area contributed by atoms with Gasteiger partial charge in [0.1, 0.15) is 6.10 Å². The number of aliphatic hydroxyl groups is 2. The number of rotatable bonds is 45. The van der Waals surface area contributed by atoms with Gasteiger partial charge in [-0.25, -0.2) is 0 Å². The Hall–Kier alpha value is -2.44. The highest BCUT2D eigenvalue weighted by atomic mass is 16.5. The molecule has 0 aliphatic rings. The molecule has 0 radical (unpaired) electrons. The fourth-order valence-corrected chi connectivity index (χ4v) is 7.63. The number of carbonyl (C=O) groups is 2. The van der Waals surface area contributed by atoms with Crippen LogP contribution in [0.5, 0.6) is 0 Å². The largest absolute Gasteiger partial charge is 0.461 e. The first-order valence-corrected chi connectivity index (χ1v) is 25.6. The van der Waals surface area contributed by atoms with Crippen molar-refractivity contribution in [2.45, 2.75) is 264 Å². The quantitative estimate of drug-likeness (QED) is 0.0322. The molecule has 0 saturated carbocycles. The molecule has 3 N–H and O–H groups in total. The van der Waals surface area contributed by atoms with Crippen LogP contribution in [0.2, 0.25) is 0 Å². The van der Waals surface area contributed by atoms with Gasteiger partial charge in [0.15, 0.2) is 0 Å². The normalized spacial score (nSPS) is 13.8. The maximum atomic E-state index is 13.1. The molecule has 0 aliphatic carbocycles. The van der Waals surface area contributed by atoms with Gasteiger partial charge < -0.3 is 20.3 Å². The second-order valence-electron chi connectivity index (χ2n) is 17.3. The Bertz CT molecular complexity index is 1080. The number of esters is 1. The molecule has 3 atom stereocenters. The Morgan fingerprint density at radius 2 is 0.867 bits per heavy atom. The lowest BCUT2D eigenvalue weighted by Gasteiger charge is -2.24. The van der Waals surface area contributed by atoms with Gasteiger partial charge >= 0.3 is 5.97 Å². The number of carbonyl (C=O) groups excluding carboxylic acids is 2. The van der Waals surface area contributed by atoms with E-state index in [0.717, 1.165) is 44.9 Å². The molecule has 0 spiro atoms. The van der Waals surface area contributed by atoms with Crippen LogP contribution in [-0.4, -0.2) is 46.9 Å². The van der Waals surface area contributed by atoms with E-state index in [2.05, 4.69) is 32.2 Å². The number of hydrogen-bond donors (Lipinski definition) is 3. The molecule has 348 valence electrons. The molecule has 6 heteroatoms. The molecule has 0 heterocycles. The summed E-state index contributed by atoms with van der Waals surface area (Å²) in [5.41, 5.74) is 0. The van der Waals surface area contributed by atoms with Gasteiger partial charge in [0.05, 0.1) is 25.2 Å². The van der Waals surface area contributed by atoms with Crippen molar-refractivity contribution in [3.8, 4) is 0 Å². The summed E-state index contributed by atoms with van der Waals surface area (Å²) < 4.78 is 5.83. The van der Waals surface area contributed by atoms with Crippen molar-refractivity contribution < 1.29 is 24.5 Å². The van der Waals surface area contributed by atoms with Crippen molar-refractivity contribution in [1.29, 1.82) is 0 Å². The Labute approximate surface area is 371 Å². The second-order valence-corrected chi connectivity index (χ2v) is 17.3. The standard InChI is InChI=1S/C54H97NO5/c1-4-7-10-13-16-19-22-24-25-26-27-29-31-34-37-40-43-46-52(57)51(49-56)55-53(58)48-50(45-42-39-36-33-30-21-18-15-12-9-6-3)60-54(59)47-44-41-38-35-32-28-23-20-17-14-11-8-5-2/h9,12,15,18,21,30,33,36,39,42,50-52,56-57H,4-8,10-11,13-14,16-17,19-20,22-29,31-32,34-35,37-38,40-41,43-49H2,1-3H3,(H,55,58)/b12-9+,18-15+,30-21-,36-33-,42-39+. The summed E-state index contributed by atoms with van der Waals surface area (Å²) in [6.07, 6.45) is 58.8. The summed E-state index contributed by atoms with van der Waals surface area (Å²) in [7, 11) is 0. The van der Waals surface area contributed by atoms with E-state index in [1.54, 1.807) is 0 Å². The predicted octanol–water partition coefficient (Wildman–Crippen LogP) is 15.2. The second kappa shape index (κ2) is 47.6. The van der Waals surface area contributed by atoms with Crippen LogP contribution in [0.15, 0.2) is 60.8 Å². The zero-order chi connectivity index (χ0) is 43.8. The van der Waals surface area contributed by atoms with Crippen LogP contribution in [-0.2, 0) is 14.3 Å². The van der Waals surface area contributed by atoms with E-state index in [1.807, 2.05) is 54.7 Å². The average Bonchev–Trinajstić information content (AvgIpc) is 3.24.